The fourth-order valence-corrected chi connectivity index (χ4v) is 5.79. The van der Waals surface area contributed by atoms with Crippen molar-refractivity contribution < 1.29 is 9.53 Å². The molecule has 6 heteroatoms. The molecule has 142 valence electrons. The lowest BCUT2D eigenvalue weighted by atomic mass is 9.43. The largest absolute Gasteiger partial charge is 0.369 e. The molecule has 27 heavy (non-hydrogen) atoms. The summed E-state index contributed by atoms with van der Waals surface area (Å²) < 4.78 is 9.38. The number of aromatic nitrogens is 2. The van der Waals surface area contributed by atoms with Gasteiger partial charge in [0.25, 0.3) is 0 Å². The van der Waals surface area contributed by atoms with E-state index in [1.807, 2.05) is 18.2 Å². The van der Waals surface area contributed by atoms with Gasteiger partial charge < -0.3 is 9.30 Å². The third kappa shape index (κ3) is 3.06. The van der Waals surface area contributed by atoms with Crippen molar-refractivity contribution in [2.75, 3.05) is 13.1 Å². The molecule has 1 saturated heterocycles. The van der Waals surface area contributed by atoms with Crippen molar-refractivity contribution in [1.29, 1.82) is 0 Å². The van der Waals surface area contributed by atoms with Gasteiger partial charge in [-0.25, -0.2) is 4.98 Å². The number of hydrogen-bond donors (Lipinski definition) is 0. The Morgan fingerprint density at radius 1 is 1.04 bits per heavy atom. The smallest absolute Gasteiger partial charge is 0.136 e. The number of ether oxygens (including phenoxy) is 1. The lowest BCUT2D eigenvalue weighted by Gasteiger charge is -2.74. The van der Waals surface area contributed by atoms with Gasteiger partial charge >= 0.3 is 0 Å². The van der Waals surface area contributed by atoms with E-state index in [1.165, 1.54) is 24.8 Å². The second-order valence-corrected chi connectivity index (χ2v) is 9.44. The first-order valence-corrected chi connectivity index (χ1v) is 10.8. The summed E-state index contributed by atoms with van der Waals surface area (Å²) in [6.45, 7) is 3.06. The van der Waals surface area contributed by atoms with Crippen molar-refractivity contribution >= 4 is 28.4 Å². The zero-order chi connectivity index (χ0) is 18.5. The molecule has 6 rings (SSSR count). The van der Waals surface area contributed by atoms with Crippen LogP contribution in [0, 0.1) is 3.70 Å². The first-order chi connectivity index (χ1) is 13.1. The highest BCUT2D eigenvalue weighted by molar-refractivity contribution is 14.1. The van der Waals surface area contributed by atoms with Crippen molar-refractivity contribution in [3.05, 3.63) is 51.6 Å². The van der Waals surface area contributed by atoms with Gasteiger partial charge in [-0.15, -0.1) is 0 Å². The van der Waals surface area contributed by atoms with E-state index < -0.39 is 0 Å². The average Bonchev–Trinajstić information content (AvgIpc) is 2.96. The second kappa shape index (κ2) is 6.67. The Morgan fingerprint density at radius 2 is 1.74 bits per heavy atom. The SMILES string of the molecule is O=C1CCN(C23CC(n4cc(I)nc4COCc4ccccc4)(C2)C3)CC1. The Hall–Kier alpha value is -1.25. The van der Waals surface area contributed by atoms with Crippen LogP contribution in [-0.2, 0) is 28.3 Å². The molecule has 3 aliphatic carbocycles. The van der Waals surface area contributed by atoms with Gasteiger partial charge in [0.15, 0.2) is 0 Å². The highest BCUT2D eigenvalue weighted by Gasteiger charge is 2.71. The van der Waals surface area contributed by atoms with E-state index in [4.69, 9.17) is 9.72 Å². The molecular formula is C21H24IN3O2. The van der Waals surface area contributed by atoms with Gasteiger partial charge in [-0.05, 0) is 47.4 Å². The minimum Gasteiger partial charge on any atom is -0.369 e. The number of piperidine rings is 1. The van der Waals surface area contributed by atoms with Gasteiger partial charge in [0, 0.05) is 37.7 Å². The van der Waals surface area contributed by atoms with Gasteiger partial charge in [0.2, 0.25) is 0 Å². The number of carbonyl (C=O) groups is 1. The second-order valence-electron chi connectivity index (χ2n) is 8.33. The van der Waals surface area contributed by atoms with Gasteiger partial charge in [0.1, 0.15) is 21.9 Å². The molecule has 0 unspecified atom stereocenters. The molecule has 1 aromatic heterocycles. The molecule has 0 atom stereocenters. The molecule has 1 aromatic carbocycles. The van der Waals surface area contributed by atoms with E-state index in [9.17, 15) is 4.79 Å². The van der Waals surface area contributed by atoms with Gasteiger partial charge in [0.05, 0.1) is 12.1 Å². The minimum absolute atomic E-state index is 0.226. The van der Waals surface area contributed by atoms with Crippen LogP contribution in [0.2, 0.25) is 0 Å². The molecule has 2 aromatic rings. The third-order valence-electron chi connectivity index (χ3n) is 6.57. The zero-order valence-electron chi connectivity index (χ0n) is 15.4. The molecule has 3 saturated carbocycles. The number of carbonyl (C=O) groups excluding carboxylic acids is 1. The number of benzene rings is 1. The molecule has 5 nitrogen and oxygen atoms in total. The summed E-state index contributed by atoms with van der Waals surface area (Å²) in [5, 5.41) is 0. The van der Waals surface area contributed by atoms with Gasteiger partial charge in [-0.3, -0.25) is 9.69 Å². The molecule has 0 amide bonds. The lowest BCUT2D eigenvalue weighted by molar-refractivity contribution is -0.211. The molecule has 0 radical (unpaired) electrons. The maximum absolute atomic E-state index is 11.5. The Balaban J connectivity index is 1.23. The Labute approximate surface area is 173 Å². The van der Waals surface area contributed by atoms with Crippen LogP contribution >= 0.6 is 22.6 Å². The van der Waals surface area contributed by atoms with Crippen LogP contribution in [0.4, 0.5) is 0 Å². The zero-order valence-corrected chi connectivity index (χ0v) is 17.5. The average molecular weight is 477 g/mol. The highest BCUT2D eigenvalue weighted by Crippen LogP contribution is 2.68. The summed E-state index contributed by atoms with van der Waals surface area (Å²) in [7, 11) is 0. The Kier molecular flexibility index (Phi) is 4.40. The first kappa shape index (κ1) is 17.8. The summed E-state index contributed by atoms with van der Waals surface area (Å²) in [5.74, 6) is 1.46. The fourth-order valence-electron chi connectivity index (χ4n) is 5.24. The number of hydrogen-bond acceptors (Lipinski definition) is 4. The van der Waals surface area contributed by atoms with E-state index in [1.54, 1.807) is 0 Å². The Morgan fingerprint density at radius 3 is 2.44 bits per heavy atom. The normalized spacial score (nSPS) is 30.0. The van der Waals surface area contributed by atoms with Crippen LogP contribution in [0.1, 0.15) is 43.5 Å². The van der Waals surface area contributed by atoms with Crippen molar-refractivity contribution in [1.82, 2.24) is 14.5 Å². The molecule has 0 N–H and O–H groups in total. The van der Waals surface area contributed by atoms with Crippen LogP contribution < -0.4 is 0 Å². The van der Waals surface area contributed by atoms with Crippen molar-refractivity contribution in [2.24, 2.45) is 0 Å². The van der Waals surface area contributed by atoms with Crippen LogP contribution in [0.25, 0.3) is 0 Å². The third-order valence-corrected chi connectivity index (χ3v) is 7.09. The van der Waals surface area contributed by atoms with Crippen LogP contribution in [-0.4, -0.2) is 38.9 Å². The van der Waals surface area contributed by atoms with Gasteiger partial charge in [-0.2, -0.15) is 0 Å². The van der Waals surface area contributed by atoms with E-state index in [0.717, 1.165) is 35.5 Å². The molecule has 4 aliphatic rings. The summed E-state index contributed by atoms with van der Waals surface area (Å²) in [4.78, 5) is 18.8. The predicted octanol–water partition coefficient (Wildman–Crippen LogP) is 3.50. The number of imidazole rings is 1. The first-order valence-electron chi connectivity index (χ1n) is 9.71. The Bertz CT molecular complexity index is 834. The molecule has 2 bridgehead atoms. The number of nitrogens with zero attached hydrogens (tertiary/aromatic N) is 3. The molecule has 4 fully saturated rings. The topological polar surface area (TPSA) is 47.4 Å². The highest BCUT2D eigenvalue weighted by atomic mass is 127. The summed E-state index contributed by atoms with van der Waals surface area (Å²) >= 11 is 2.30. The monoisotopic (exact) mass is 477 g/mol. The van der Waals surface area contributed by atoms with Crippen LogP contribution in [0.3, 0.4) is 0 Å². The molecule has 2 heterocycles. The van der Waals surface area contributed by atoms with E-state index in [-0.39, 0.29) is 5.54 Å². The summed E-state index contributed by atoms with van der Waals surface area (Å²) in [6, 6.07) is 10.3. The van der Waals surface area contributed by atoms with Crippen molar-refractivity contribution in [2.45, 2.75) is 56.4 Å². The number of halogens is 1. The van der Waals surface area contributed by atoms with E-state index >= 15 is 0 Å². The van der Waals surface area contributed by atoms with E-state index in [2.05, 4.69) is 50.4 Å². The summed E-state index contributed by atoms with van der Waals surface area (Å²) in [5.41, 5.74) is 1.76. The minimum atomic E-state index is 0.226. The quantitative estimate of drug-likeness (QED) is 0.598. The number of rotatable bonds is 6. The van der Waals surface area contributed by atoms with Crippen LogP contribution in [0.5, 0.6) is 0 Å². The fraction of sp³-hybridized carbons (Fsp3) is 0.524. The number of ketones is 1. The number of Topliss-reactive ketones (excluding diaryl/α,β-unsaturated/α-hetero) is 1. The maximum Gasteiger partial charge on any atom is 0.136 e. The predicted molar refractivity (Wildman–Crippen MR) is 110 cm³/mol. The number of likely N-dealkylation sites (tertiary alicyclic amines) is 1. The van der Waals surface area contributed by atoms with Crippen molar-refractivity contribution in [3.8, 4) is 0 Å². The maximum atomic E-state index is 11.5. The van der Waals surface area contributed by atoms with Crippen LogP contribution in [0.15, 0.2) is 36.5 Å². The standard InChI is InChI=1S/C21H24IN3O2/c22-18-10-25(19(23-18)12-27-11-16-4-2-1-3-5-16)21-13-20(14-21,15-21)24-8-6-17(26)7-9-24/h1-5,10H,6-9,11-15H2. The molecule has 0 spiro atoms. The van der Waals surface area contributed by atoms with Crippen molar-refractivity contribution in [3.63, 3.8) is 0 Å². The van der Waals surface area contributed by atoms with Gasteiger partial charge in [-0.1, -0.05) is 30.3 Å². The summed E-state index contributed by atoms with van der Waals surface area (Å²) in [6.07, 6.45) is 7.21. The van der Waals surface area contributed by atoms with E-state index in [0.29, 0.717) is 24.5 Å². The lowest BCUT2D eigenvalue weighted by Crippen LogP contribution is -2.79. The molecule has 1 aliphatic heterocycles. The molecular weight excluding hydrogens is 453 g/mol.